The largest absolute Gasteiger partial charge is 0.439 e. The lowest BCUT2D eigenvalue weighted by Gasteiger charge is -1.99. The number of oxazole rings is 1. The Morgan fingerprint density at radius 3 is 3.11 bits per heavy atom. The molecule has 0 aliphatic carbocycles. The molecule has 0 atom stereocenters. The van der Waals surface area contributed by atoms with Crippen molar-refractivity contribution in [2.45, 2.75) is 6.54 Å². The van der Waals surface area contributed by atoms with Crippen LogP contribution < -0.4 is 5.73 Å². The Bertz CT molecular complexity index is 748. The van der Waals surface area contributed by atoms with Crippen LogP contribution in [0.5, 0.6) is 0 Å². The van der Waals surface area contributed by atoms with E-state index in [4.69, 9.17) is 15.4 Å². The minimum Gasteiger partial charge on any atom is -0.439 e. The van der Waals surface area contributed by atoms with Crippen LogP contribution in [0.4, 0.5) is 5.69 Å². The first-order valence-electron chi connectivity index (χ1n) is 5.46. The number of nitriles is 1. The predicted molar refractivity (Wildman–Crippen MR) is 66.7 cm³/mol. The first-order valence-corrected chi connectivity index (χ1v) is 5.46. The van der Waals surface area contributed by atoms with Crippen molar-refractivity contribution >= 4 is 16.8 Å². The molecule has 0 unspecified atom stereocenters. The zero-order chi connectivity index (χ0) is 12.5. The second-order valence-electron chi connectivity index (χ2n) is 3.97. The van der Waals surface area contributed by atoms with E-state index in [9.17, 15) is 0 Å². The summed E-state index contributed by atoms with van der Waals surface area (Å²) in [6, 6.07) is 11.0. The van der Waals surface area contributed by atoms with Gasteiger partial charge in [0.25, 0.3) is 0 Å². The highest BCUT2D eigenvalue weighted by molar-refractivity contribution is 5.76. The molecule has 0 radical (unpaired) electrons. The molecule has 0 saturated carbocycles. The number of nitrogens with two attached hydrogens (primary N) is 1. The van der Waals surface area contributed by atoms with Gasteiger partial charge in [-0.1, -0.05) is 0 Å². The molecular formula is C13H10N4O. The molecule has 2 heterocycles. The number of nitrogens with zero attached hydrogens (tertiary/aromatic N) is 3. The summed E-state index contributed by atoms with van der Waals surface area (Å²) in [5.41, 5.74) is 8.33. The molecule has 0 fully saturated rings. The third-order valence-electron chi connectivity index (χ3n) is 2.71. The van der Waals surface area contributed by atoms with Crippen molar-refractivity contribution in [1.29, 1.82) is 5.26 Å². The van der Waals surface area contributed by atoms with Crippen molar-refractivity contribution in [3.05, 3.63) is 48.1 Å². The molecule has 88 valence electrons. The standard InChI is InChI=1S/C13H10N4O/c14-7-10-2-1-5-17(10)8-13-16-11-4-3-9(15)6-12(11)18-13/h1-6H,8,15H2. The Morgan fingerprint density at radius 1 is 1.39 bits per heavy atom. The molecule has 0 bridgehead atoms. The average molecular weight is 238 g/mol. The molecule has 0 spiro atoms. The maximum Gasteiger partial charge on any atom is 0.215 e. The lowest BCUT2D eigenvalue weighted by molar-refractivity contribution is 0.508. The molecule has 5 heteroatoms. The van der Waals surface area contributed by atoms with Crippen molar-refractivity contribution < 1.29 is 4.42 Å². The van der Waals surface area contributed by atoms with Gasteiger partial charge in [-0.2, -0.15) is 5.26 Å². The van der Waals surface area contributed by atoms with Gasteiger partial charge in [-0.15, -0.1) is 0 Å². The fraction of sp³-hybridized carbons (Fsp3) is 0.0769. The van der Waals surface area contributed by atoms with Crippen molar-refractivity contribution in [3.8, 4) is 6.07 Å². The van der Waals surface area contributed by atoms with Gasteiger partial charge in [0.05, 0.1) is 6.54 Å². The van der Waals surface area contributed by atoms with Crippen LogP contribution in [0.3, 0.4) is 0 Å². The van der Waals surface area contributed by atoms with Crippen LogP contribution in [0.2, 0.25) is 0 Å². The lowest BCUT2D eigenvalue weighted by atomic mass is 10.3. The summed E-state index contributed by atoms with van der Waals surface area (Å²) < 4.78 is 7.39. The third-order valence-corrected chi connectivity index (χ3v) is 2.71. The maximum absolute atomic E-state index is 8.92. The predicted octanol–water partition coefficient (Wildman–Crippen LogP) is 2.13. The molecule has 2 N–H and O–H groups in total. The normalized spacial score (nSPS) is 10.6. The Morgan fingerprint density at radius 2 is 2.28 bits per heavy atom. The van der Waals surface area contributed by atoms with Gasteiger partial charge in [-0.25, -0.2) is 4.98 Å². The molecule has 2 aromatic heterocycles. The van der Waals surface area contributed by atoms with Crippen molar-refractivity contribution in [3.63, 3.8) is 0 Å². The highest BCUT2D eigenvalue weighted by atomic mass is 16.3. The zero-order valence-corrected chi connectivity index (χ0v) is 9.50. The van der Waals surface area contributed by atoms with E-state index < -0.39 is 0 Å². The van der Waals surface area contributed by atoms with Crippen LogP contribution in [0.15, 0.2) is 40.9 Å². The third kappa shape index (κ3) is 1.70. The van der Waals surface area contributed by atoms with Crippen LogP contribution in [0.25, 0.3) is 11.1 Å². The molecule has 1 aromatic carbocycles. The second kappa shape index (κ2) is 3.93. The molecule has 0 saturated heterocycles. The van der Waals surface area contributed by atoms with E-state index in [1.54, 1.807) is 22.8 Å². The van der Waals surface area contributed by atoms with Gasteiger partial charge in [0.15, 0.2) is 5.58 Å². The number of aromatic nitrogens is 2. The van der Waals surface area contributed by atoms with Crippen LogP contribution in [0.1, 0.15) is 11.6 Å². The van der Waals surface area contributed by atoms with E-state index in [0.717, 1.165) is 5.52 Å². The van der Waals surface area contributed by atoms with Gasteiger partial charge in [-0.05, 0) is 24.3 Å². The molecule has 3 rings (SSSR count). The van der Waals surface area contributed by atoms with Crippen molar-refractivity contribution in [1.82, 2.24) is 9.55 Å². The van der Waals surface area contributed by atoms with E-state index in [0.29, 0.717) is 29.4 Å². The monoisotopic (exact) mass is 238 g/mol. The van der Waals surface area contributed by atoms with Crippen molar-refractivity contribution in [2.24, 2.45) is 0 Å². The summed E-state index contributed by atoms with van der Waals surface area (Å²) in [6.07, 6.45) is 1.82. The van der Waals surface area contributed by atoms with Crippen LogP contribution >= 0.6 is 0 Å². The summed E-state index contributed by atoms with van der Waals surface area (Å²) in [4.78, 5) is 4.35. The van der Waals surface area contributed by atoms with E-state index in [1.807, 2.05) is 18.3 Å². The summed E-state index contributed by atoms with van der Waals surface area (Å²) in [5, 5.41) is 8.92. The van der Waals surface area contributed by atoms with Crippen molar-refractivity contribution in [2.75, 3.05) is 5.73 Å². The summed E-state index contributed by atoms with van der Waals surface area (Å²) in [5.74, 6) is 0.559. The maximum atomic E-state index is 8.92. The first kappa shape index (κ1) is 10.4. The SMILES string of the molecule is N#Cc1cccn1Cc1nc2ccc(N)cc2o1. The minimum absolute atomic E-state index is 0.435. The van der Waals surface area contributed by atoms with E-state index in [1.165, 1.54) is 0 Å². The Labute approximate surface area is 103 Å². The molecule has 0 amide bonds. The summed E-state index contributed by atoms with van der Waals surface area (Å²) in [7, 11) is 0. The summed E-state index contributed by atoms with van der Waals surface area (Å²) >= 11 is 0. The number of rotatable bonds is 2. The number of hydrogen-bond acceptors (Lipinski definition) is 4. The van der Waals surface area contributed by atoms with Gasteiger partial charge >= 0.3 is 0 Å². The van der Waals surface area contributed by atoms with Crippen LogP contribution in [-0.4, -0.2) is 9.55 Å². The molecule has 0 aliphatic heterocycles. The van der Waals surface area contributed by atoms with E-state index >= 15 is 0 Å². The molecule has 18 heavy (non-hydrogen) atoms. The quantitative estimate of drug-likeness (QED) is 0.693. The highest BCUT2D eigenvalue weighted by Crippen LogP contribution is 2.19. The topological polar surface area (TPSA) is 80.8 Å². The number of hydrogen-bond donors (Lipinski definition) is 1. The molecular weight excluding hydrogens is 228 g/mol. The number of fused-ring (bicyclic) bond motifs is 1. The lowest BCUT2D eigenvalue weighted by Crippen LogP contribution is -2.00. The first-order chi connectivity index (χ1) is 8.76. The Hall–Kier alpha value is -2.74. The van der Waals surface area contributed by atoms with Gasteiger partial charge < -0.3 is 14.7 Å². The zero-order valence-electron chi connectivity index (χ0n) is 9.50. The molecule has 3 aromatic rings. The summed E-state index contributed by atoms with van der Waals surface area (Å²) in [6.45, 7) is 0.435. The number of nitrogen functional groups attached to an aromatic ring is 1. The van der Waals surface area contributed by atoms with Crippen LogP contribution in [0, 0.1) is 11.3 Å². The highest BCUT2D eigenvalue weighted by Gasteiger charge is 2.08. The molecule has 0 aliphatic rings. The van der Waals surface area contributed by atoms with E-state index in [-0.39, 0.29) is 0 Å². The fourth-order valence-corrected chi connectivity index (χ4v) is 1.86. The van der Waals surface area contributed by atoms with Gasteiger partial charge in [0.2, 0.25) is 5.89 Å². The smallest absolute Gasteiger partial charge is 0.215 e. The Balaban J connectivity index is 1.98. The second-order valence-corrected chi connectivity index (χ2v) is 3.97. The minimum atomic E-state index is 0.435. The number of benzene rings is 1. The van der Waals surface area contributed by atoms with Gasteiger partial charge in [0.1, 0.15) is 17.3 Å². The van der Waals surface area contributed by atoms with Gasteiger partial charge in [0, 0.05) is 18.0 Å². The molecule has 5 nitrogen and oxygen atoms in total. The van der Waals surface area contributed by atoms with Crippen LogP contribution in [-0.2, 0) is 6.54 Å². The Kier molecular flexibility index (Phi) is 2.27. The van der Waals surface area contributed by atoms with Gasteiger partial charge in [-0.3, -0.25) is 0 Å². The van der Waals surface area contributed by atoms with E-state index in [2.05, 4.69) is 11.1 Å². The average Bonchev–Trinajstić information content (AvgIpc) is 2.94. The fourth-order valence-electron chi connectivity index (χ4n) is 1.86. The number of anilines is 1.